The van der Waals surface area contributed by atoms with Gasteiger partial charge in [0.05, 0.1) is 5.71 Å². The molecule has 1 aromatic carbocycles. The summed E-state index contributed by atoms with van der Waals surface area (Å²) in [6.45, 7) is 7.37. The van der Waals surface area contributed by atoms with Crippen LogP contribution in [0.4, 0.5) is 5.82 Å². The summed E-state index contributed by atoms with van der Waals surface area (Å²) in [5.41, 5.74) is 4.48. The second-order valence-electron chi connectivity index (χ2n) is 6.14. The van der Waals surface area contributed by atoms with Crippen LogP contribution in [-0.4, -0.2) is 49.7 Å². The lowest BCUT2D eigenvalue weighted by Crippen LogP contribution is -2.30. The van der Waals surface area contributed by atoms with Gasteiger partial charge in [-0.1, -0.05) is 13.8 Å². The van der Waals surface area contributed by atoms with Crippen molar-refractivity contribution in [3.8, 4) is 11.5 Å². The van der Waals surface area contributed by atoms with Gasteiger partial charge in [-0.15, -0.1) is 0 Å². The SMILES string of the molecule is CCN(CC)S(=O)(=O)c1ccc(N/N=C(/C)c2ccc3c(c2)OCCO3)nc1. The number of rotatable bonds is 7. The van der Waals surface area contributed by atoms with Gasteiger partial charge in [-0.2, -0.15) is 9.41 Å². The molecule has 0 amide bonds. The monoisotopic (exact) mass is 404 g/mol. The highest BCUT2D eigenvalue weighted by Gasteiger charge is 2.21. The van der Waals surface area contributed by atoms with Crippen LogP contribution in [0.25, 0.3) is 0 Å². The van der Waals surface area contributed by atoms with E-state index >= 15 is 0 Å². The van der Waals surface area contributed by atoms with E-state index in [-0.39, 0.29) is 4.90 Å². The predicted molar refractivity (Wildman–Crippen MR) is 108 cm³/mol. The molecular weight excluding hydrogens is 380 g/mol. The fraction of sp³-hybridized carbons (Fsp3) is 0.368. The van der Waals surface area contributed by atoms with Crippen LogP contribution in [0.1, 0.15) is 26.3 Å². The number of anilines is 1. The summed E-state index contributed by atoms with van der Waals surface area (Å²) >= 11 is 0. The molecule has 0 bridgehead atoms. The highest BCUT2D eigenvalue weighted by molar-refractivity contribution is 7.89. The normalized spacial score (nSPS) is 14.2. The van der Waals surface area contributed by atoms with Crippen LogP contribution < -0.4 is 14.9 Å². The fourth-order valence-electron chi connectivity index (χ4n) is 2.79. The molecule has 0 unspecified atom stereocenters. The standard InChI is InChI=1S/C19H24N4O4S/c1-4-23(5-2)28(24,25)16-7-9-19(20-13-16)22-21-14(3)15-6-8-17-18(12-15)27-11-10-26-17/h6-9,12-13H,4-5,10-11H2,1-3H3,(H,20,22)/b21-14-. The van der Waals surface area contributed by atoms with Crippen molar-refractivity contribution in [2.24, 2.45) is 5.10 Å². The van der Waals surface area contributed by atoms with E-state index in [9.17, 15) is 8.42 Å². The van der Waals surface area contributed by atoms with Gasteiger partial charge < -0.3 is 9.47 Å². The Morgan fingerprint density at radius 1 is 1.14 bits per heavy atom. The third kappa shape index (κ3) is 4.26. The summed E-state index contributed by atoms with van der Waals surface area (Å²) in [7, 11) is -3.52. The third-order valence-electron chi connectivity index (χ3n) is 4.38. The van der Waals surface area contributed by atoms with Crippen molar-refractivity contribution < 1.29 is 17.9 Å². The van der Waals surface area contributed by atoms with Crippen LogP contribution in [0.15, 0.2) is 46.5 Å². The number of sulfonamides is 1. The Morgan fingerprint density at radius 3 is 2.50 bits per heavy atom. The van der Waals surface area contributed by atoms with E-state index in [2.05, 4.69) is 15.5 Å². The largest absolute Gasteiger partial charge is 0.486 e. The molecule has 1 N–H and O–H groups in total. The molecule has 3 rings (SSSR count). The summed E-state index contributed by atoms with van der Waals surface area (Å²) < 4.78 is 37.5. The second kappa shape index (κ2) is 8.57. The second-order valence-corrected chi connectivity index (χ2v) is 8.07. The number of hydrogen-bond acceptors (Lipinski definition) is 7. The lowest BCUT2D eigenvalue weighted by molar-refractivity contribution is 0.171. The average molecular weight is 404 g/mol. The zero-order chi connectivity index (χ0) is 20.1. The van der Waals surface area contributed by atoms with Crippen LogP contribution in [0.3, 0.4) is 0 Å². The molecular formula is C19H24N4O4S. The number of pyridine rings is 1. The van der Waals surface area contributed by atoms with Gasteiger partial charge in [0.2, 0.25) is 10.0 Å². The van der Waals surface area contributed by atoms with Crippen molar-refractivity contribution in [3.63, 3.8) is 0 Å². The van der Waals surface area contributed by atoms with Crippen molar-refractivity contribution >= 4 is 21.6 Å². The van der Waals surface area contributed by atoms with Gasteiger partial charge in [0, 0.05) is 24.8 Å². The van der Waals surface area contributed by atoms with Gasteiger partial charge in [-0.05, 0) is 37.3 Å². The molecule has 9 heteroatoms. The molecule has 2 aromatic rings. The number of benzene rings is 1. The van der Waals surface area contributed by atoms with E-state index in [1.807, 2.05) is 25.1 Å². The number of nitrogens with zero attached hydrogens (tertiary/aromatic N) is 3. The smallest absolute Gasteiger partial charge is 0.244 e. The molecule has 28 heavy (non-hydrogen) atoms. The molecule has 1 aromatic heterocycles. The summed E-state index contributed by atoms with van der Waals surface area (Å²) in [5, 5.41) is 4.32. The van der Waals surface area contributed by atoms with Crippen molar-refractivity contribution in [2.75, 3.05) is 31.7 Å². The molecule has 8 nitrogen and oxygen atoms in total. The number of ether oxygens (including phenoxy) is 2. The first-order chi connectivity index (χ1) is 13.5. The number of nitrogens with one attached hydrogen (secondary N) is 1. The van der Waals surface area contributed by atoms with Gasteiger partial charge in [0.25, 0.3) is 0 Å². The molecule has 1 aliphatic heterocycles. The molecule has 0 radical (unpaired) electrons. The molecule has 1 aliphatic rings. The molecule has 0 saturated carbocycles. The van der Waals surface area contributed by atoms with Crippen LogP contribution in [0.5, 0.6) is 11.5 Å². The van der Waals surface area contributed by atoms with Gasteiger partial charge in [0.1, 0.15) is 23.9 Å². The van der Waals surface area contributed by atoms with Gasteiger partial charge in [-0.3, -0.25) is 5.43 Å². The highest BCUT2D eigenvalue weighted by atomic mass is 32.2. The minimum absolute atomic E-state index is 0.161. The Hall–Kier alpha value is -2.65. The first kappa shape index (κ1) is 20.1. The van der Waals surface area contributed by atoms with E-state index in [0.29, 0.717) is 37.9 Å². The zero-order valence-corrected chi connectivity index (χ0v) is 17.0. The quantitative estimate of drug-likeness (QED) is 0.563. The van der Waals surface area contributed by atoms with Crippen molar-refractivity contribution in [3.05, 3.63) is 42.1 Å². The average Bonchev–Trinajstić information content (AvgIpc) is 2.72. The Morgan fingerprint density at radius 2 is 1.86 bits per heavy atom. The third-order valence-corrected chi connectivity index (χ3v) is 6.41. The summed E-state index contributed by atoms with van der Waals surface area (Å²) in [5.74, 6) is 1.88. The number of fused-ring (bicyclic) bond motifs is 1. The van der Waals surface area contributed by atoms with Crippen LogP contribution >= 0.6 is 0 Å². The minimum atomic E-state index is -3.52. The number of hydrazone groups is 1. The van der Waals surface area contributed by atoms with Crippen molar-refractivity contribution in [1.82, 2.24) is 9.29 Å². The van der Waals surface area contributed by atoms with E-state index in [1.54, 1.807) is 19.9 Å². The first-order valence-corrected chi connectivity index (χ1v) is 10.6. The Bertz CT molecular complexity index is 954. The Labute approximate surface area is 165 Å². The van der Waals surface area contributed by atoms with Crippen LogP contribution in [0.2, 0.25) is 0 Å². The maximum atomic E-state index is 12.5. The van der Waals surface area contributed by atoms with Gasteiger partial charge in [-0.25, -0.2) is 13.4 Å². The lowest BCUT2D eigenvalue weighted by atomic mass is 10.1. The summed E-state index contributed by atoms with van der Waals surface area (Å²) in [6, 6.07) is 8.76. The Balaban J connectivity index is 1.72. The van der Waals surface area contributed by atoms with E-state index in [0.717, 1.165) is 17.0 Å². The van der Waals surface area contributed by atoms with E-state index < -0.39 is 10.0 Å². The van der Waals surface area contributed by atoms with E-state index in [4.69, 9.17) is 9.47 Å². The fourth-order valence-corrected chi connectivity index (χ4v) is 4.19. The first-order valence-electron chi connectivity index (χ1n) is 9.12. The lowest BCUT2D eigenvalue weighted by Gasteiger charge is -2.18. The topological polar surface area (TPSA) is 93.1 Å². The molecule has 150 valence electrons. The molecule has 2 heterocycles. The molecule has 0 aliphatic carbocycles. The molecule has 0 saturated heterocycles. The summed E-state index contributed by atoms with van der Waals surface area (Å²) in [4.78, 5) is 4.32. The molecule has 0 atom stereocenters. The van der Waals surface area contributed by atoms with Gasteiger partial charge in [0.15, 0.2) is 11.5 Å². The van der Waals surface area contributed by atoms with Gasteiger partial charge >= 0.3 is 0 Å². The highest BCUT2D eigenvalue weighted by Crippen LogP contribution is 2.30. The van der Waals surface area contributed by atoms with E-state index in [1.165, 1.54) is 16.6 Å². The molecule has 0 spiro atoms. The maximum absolute atomic E-state index is 12.5. The predicted octanol–water partition coefficient (Wildman–Crippen LogP) is 2.72. The van der Waals surface area contributed by atoms with Crippen LogP contribution in [-0.2, 0) is 10.0 Å². The summed E-state index contributed by atoms with van der Waals surface area (Å²) in [6.07, 6.45) is 1.34. The van der Waals surface area contributed by atoms with Crippen LogP contribution in [0, 0.1) is 0 Å². The number of hydrogen-bond donors (Lipinski definition) is 1. The Kier molecular flexibility index (Phi) is 6.15. The minimum Gasteiger partial charge on any atom is -0.486 e. The van der Waals surface area contributed by atoms with Crippen molar-refractivity contribution in [1.29, 1.82) is 0 Å². The zero-order valence-electron chi connectivity index (χ0n) is 16.2. The van der Waals surface area contributed by atoms with Crippen molar-refractivity contribution in [2.45, 2.75) is 25.7 Å². The number of aromatic nitrogens is 1. The maximum Gasteiger partial charge on any atom is 0.244 e. The molecule has 0 fully saturated rings.